The van der Waals surface area contributed by atoms with Gasteiger partial charge in [0.05, 0.1) is 6.54 Å². The zero-order valence-corrected chi connectivity index (χ0v) is 29.0. The highest BCUT2D eigenvalue weighted by Crippen LogP contribution is 2.19. The molecule has 0 N–H and O–H groups in total. The maximum atomic E-state index is 12.9. The fourth-order valence-electron chi connectivity index (χ4n) is 5.74. The summed E-state index contributed by atoms with van der Waals surface area (Å²) in [6.07, 6.45) is 33.3. The first-order valence-corrected chi connectivity index (χ1v) is 18.0. The summed E-state index contributed by atoms with van der Waals surface area (Å²) in [5, 5.41) is 0. The van der Waals surface area contributed by atoms with Crippen LogP contribution in [0.1, 0.15) is 190 Å². The van der Waals surface area contributed by atoms with Crippen LogP contribution in [0.5, 0.6) is 0 Å². The van der Waals surface area contributed by atoms with E-state index in [-0.39, 0.29) is 5.97 Å². The largest absolute Gasteiger partial charge is 0.460 e. The van der Waals surface area contributed by atoms with E-state index < -0.39 is 0 Å². The number of ether oxygens (including phenoxy) is 1. The minimum atomic E-state index is -0.0730. The van der Waals surface area contributed by atoms with Crippen molar-refractivity contribution in [1.29, 1.82) is 0 Å². The van der Waals surface area contributed by atoms with Crippen LogP contribution in [0.25, 0.3) is 0 Å². The Bertz CT molecular complexity index is 621. The van der Waals surface area contributed by atoms with Crippen LogP contribution in [0.4, 0.5) is 0 Å². The van der Waals surface area contributed by atoms with E-state index in [0.29, 0.717) is 25.2 Å². The lowest BCUT2D eigenvalue weighted by atomic mass is 10.0. The highest BCUT2D eigenvalue weighted by atomic mass is 16.5. The number of hydrogen-bond donors (Lipinski definition) is 0. The van der Waals surface area contributed by atoms with E-state index in [9.17, 15) is 4.79 Å². The van der Waals surface area contributed by atoms with Gasteiger partial charge < -0.3 is 4.74 Å². The third kappa shape index (κ3) is 26.3. The first-order chi connectivity index (χ1) is 19.8. The minimum Gasteiger partial charge on any atom is -0.460 e. The van der Waals surface area contributed by atoms with Gasteiger partial charge in [-0.25, -0.2) is 0 Å². The highest BCUT2D eigenvalue weighted by Gasteiger charge is 2.23. The third-order valence-electron chi connectivity index (χ3n) is 8.66. The summed E-state index contributed by atoms with van der Waals surface area (Å²) < 4.78 is 5.69. The molecule has 0 aromatic carbocycles. The van der Waals surface area contributed by atoms with Gasteiger partial charge in [0.1, 0.15) is 6.61 Å². The average molecular weight is 576 g/mol. The lowest BCUT2D eigenvalue weighted by Gasteiger charge is -2.34. The molecule has 0 radical (unpaired) electrons. The molecule has 0 rings (SSSR count). The van der Waals surface area contributed by atoms with Gasteiger partial charge in [-0.05, 0) is 66.4 Å². The van der Waals surface area contributed by atoms with E-state index in [1.807, 2.05) is 0 Å². The Morgan fingerprint density at radius 2 is 1.05 bits per heavy atom. The molecule has 0 aliphatic heterocycles. The topological polar surface area (TPSA) is 29.5 Å². The van der Waals surface area contributed by atoms with Crippen LogP contribution in [0.3, 0.4) is 0 Å². The molecule has 0 bridgehead atoms. The van der Waals surface area contributed by atoms with Gasteiger partial charge in [0.25, 0.3) is 0 Å². The summed E-state index contributed by atoms with van der Waals surface area (Å²) in [5.74, 6) is -0.0730. The molecule has 242 valence electrons. The van der Waals surface area contributed by atoms with Gasteiger partial charge in [-0.1, -0.05) is 147 Å². The van der Waals surface area contributed by atoms with E-state index in [0.717, 1.165) is 12.8 Å². The SMILES string of the molecule is CCCCCCCCCCCC(C)N(CC(=O)OC/C=C(\C)CCC=C(C)C)C(C)CCCCCCCCCCC. The standard InChI is InChI=1S/C38H73NO2/c1-8-10-12-14-16-18-20-22-24-29-36(6)39(37(7)30-25-23-21-19-17-15-13-11-9-2)33-38(40)41-32-31-35(5)28-26-27-34(3)4/h27,31,36-37H,8-26,28-30,32-33H2,1-7H3/b35-31+. The zero-order chi connectivity index (χ0) is 30.6. The van der Waals surface area contributed by atoms with Gasteiger partial charge in [0.15, 0.2) is 0 Å². The van der Waals surface area contributed by atoms with E-state index in [2.05, 4.69) is 65.5 Å². The molecule has 2 unspecified atom stereocenters. The Morgan fingerprint density at radius 1 is 0.634 bits per heavy atom. The lowest BCUT2D eigenvalue weighted by molar-refractivity contribution is -0.145. The van der Waals surface area contributed by atoms with Crippen LogP contribution in [-0.4, -0.2) is 36.1 Å². The molecule has 0 aromatic heterocycles. The van der Waals surface area contributed by atoms with E-state index in [1.165, 1.54) is 140 Å². The average Bonchev–Trinajstić information content (AvgIpc) is 2.93. The van der Waals surface area contributed by atoms with Gasteiger partial charge in [-0.2, -0.15) is 0 Å². The van der Waals surface area contributed by atoms with E-state index in [4.69, 9.17) is 4.74 Å². The van der Waals surface area contributed by atoms with Crippen LogP contribution in [0.2, 0.25) is 0 Å². The first kappa shape index (κ1) is 39.9. The van der Waals surface area contributed by atoms with Crippen molar-refractivity contribution in [2.24, 2.45) is 0 Å². The molecular formula is C38H73NO2. The second-order valence-corrected chi connectivity index (χ2v) is 13.2. The molecule has 0 amide bonds. The predicted octanol–water partition coefficient (Wildman–Crippen LogP) is 12.1. The van der Waals surface area contributed by atoms with E-state index >= 15 is 0 Å². The first-order valence-electron chi connectivity index (χ1n) is 18.0. The maximum Gasteiger partial charge on any atom is 0.320 e. The van der Waals surface area contributed by atoms with Crippen molar-refractivity contribution in [1.82, 2.24) is 4.90 Å². The smallest absolute Gasteiger partial charge is 0.320 e. The molecular weight excluding hydrogens is 502 g/mol. The molecule has 0 saturated heterocycles. The Morgan fingerprint density at radius 3 is 1.46 bits per heavy atom. The van der Waals surface area contributed by atoms with Crippen LogP contribution in [-0.2, 0) is 9.53 Å². The van der Waals surface area contributed by atoms with Crippen molar-refractivity contribution in [3.05, 3.63) is 23.3 Å². The number of rotatable bonds is 29. The van der Waals surface area contributed by atoms with Gasteiger partial charge >= 0.3 is 5.97 Å². The molecule has 0 fully saturated rings. The number of nitrogens with zero attached hydrogens (tertiary/aromatic N) is 1. The maximum absolute atomic E-state index is 12.9. The monoisotopic (exact) mass is 576 g/mol. The molecule has 0 aliphatic carbocycles. The fraction of sp³-hybridized carbons (Fsp3) is 0.868. The van der Waals surface area contributed by atoms with Crippen molar-refractivity contribution in [3.63, 3.8) is 0 Å². The highest BCUT2D eigenvalue weighted by molar-refractivity contribution is 5.71. The third-order valence-corrected chi connectivity index (χ3v) is 8.66. The molecule has 0 spiro atoms. The Hall–Kier alpha value is -1.09. The summed E-state index contributed by atoms with van der Waals surface area (Å²) in [5.41, 5.74) is 2.65. The summed E-state index contributed by atoms with van der Waals surface area (Å²) in [6, 6.07) is 0.837. The second-order valence-electron chi connectivity index (χ2n) is 13.2. The Labute approximate surface area is 258 Å². The minimum absolute atomic E-state index is 0.0730. The van der Waals surface area contributed by atoms with E-state index in [1.54, 1.807) is 0 Å². The summed E-state index contributed by atoms with van der Waals surface area (Å²) in [6.45, 7) is 16.5. The predicted molar refractivity (Wildman–Crippen MR) is 183 cm³/mol. The number of carbonyl (C=O) groups excluding carboxylic acids is 1. The van der Waals surface area contributed by atoms with Crippen molar-refractivity contribution in [3.8, 4) is 0 Å². The molecule has 3 nitrogen and oxygen atoms in total. The summed E-state index contributed by atoms with van der Waals surface area (Å²) in [7, 11) is 0. The zero-order valence-electron chi connectivity index (χ0n) is 29.0. The number of unbranched alkanes of at least 4 members (excludes halogenated alkanes) is 16. The fourth-order valence-corrected chi connectivity index (χ4v) is 5.74. The normalized spacial score (nSPS) is 13.4. The van der Waals surface area contributed by atoms with Crippen LogP contribution in [0.15, 0.2) is 23.3 Å². The number of carbonyl (C=O) groups is 1. The molecule has 0 heterocycles. The van der Waals surface area contributed by atoms with Crippen molar-refractivity contribution in [2.45, 2.75) is 202 Å². The number of esters is 1. The van der Waals surface area contributed by atoms with Gasteiger partial charge in [0.2, 0.25) is 0 Å². The quantitative estimate of drug-likeness (QED) is 0.0504. The van der Waals surface area contributed by atoms with Gasteiger partial charge in [-0.15, -0.1) is 0 Å². The molecule has 2 atom stereocenters. The van der Waals surface area contributed by atoms with Crippen molar-refractivity contribution in [2.75, 3.05) is 13.2 Å². The Kier molecular flexibility index (Phi) is 28.2. The number of allylic oxidation sites excluding steroid dienone is 3. The summed E-state index contributed by atoms with van der Waals surface area (Å²) in [4.78, 5) is 15.3. The molecule has 41 heavy (non-hydrogen) atoms. The molecule has 0 aliphatic rings. The molecule has 0 aromatic rings. The van der Waals surface area contributed by atoms with Crippen LogP contribution >= 0.6 is 0 Å². The summed E-state index contributed by atoms with van der Waals surface area (Å²) >= 11 is 0. The Balaban J connectivity index is 4.62. The molecule has 0 saturated carbocycles. The van der Waals surface area contributed by atoms with Crippen LogP contribution < -0.4 is 0 Å². The van der Waals surface area contributed by atoms with Crippen molar-refractivity contribution < 1.29 is 9.53 Å². The van der Waals surface area contributed by atoms with Gasteiger partial charge in [0, 0.05) is 12.1 Å². The van der Waals surface area contributed by atoms with Gasteiger partial charge in [-0.3, -0.25) is 9.69 Å². The van der Waals surface area contributed by atoms with Crippen molar-refractivity contribution >= 4 is 5.97 Å². The lowest BCUT2D eigenvalue weighted by Crippen LogP contribution is -2.44. The van der Waals surface area contributed by atoms with Crippen LogP contribution in [0, 0.1) is 0 Å². The molecule has 3 heteroatoms. The number of hydrogen-bond acceptors (Lipinski definition) is 3. The second kappa shape index (κ2) is 29.0.